The van der Waals surface area contributed by atoms with Gasteiger partial charge in [0.05, 0.1) is 11.6 Å². The molecule has 0 saturated carbocycles. The van der Waals surface area contributed by atoms with Gasteiger partial charge < -0.3 is 15.4 Å². The summed E-state index contributed by atoms with van der Waals surface area (Å²) in [5.41, 5.74) is 0. The summed E-state index contributed by atoms with van der Waals surface area (Å²) < 4.78 is 4.97. The second-order valence-electron chi connectivity index (χ2n) is 3.74. The second kappa shape index (κ2) is 11.4. The Morgan fingerprint density at radius 1 is 1.42 bits per heavy atom. The van der Waals surface area contributed by atoms with Crippen LogP contribution in [-0.2, 0) is 17.6 Å². The molecule has 0 aliphatic heterocycles. The lowest BCUT2D eigenvalue weighted by molar-refractivity contribution is 0.203. The zero-order valence-corrected chi connectivity index (χ0v) is 14.9. The summed E-state index contributed by atoms with van der Waals surface area (Å²) in [7, 11) is 3.45. The van der Waals surface area contributed by atoms with Crippen molar-refractivity contribution in [3.05, 3.63) is 16.1 Å². The SMILES string of the molecule is CCc1cnc(CCNC(=NC)NCCOC)s1.I. The maximum Gasteiger partial charge on any atom is 0.191 e. The van der Waals surface area contributed by atoms with Crippen molar-refractivity contribution >= 4 is 41.3 Å². The maximum atomic E-state index is 4.97. The Bertz CT molecular complexity index is 370. The van der Waals surface area contributed by atoms with Gasteiger partial charge in [0.25, 0.3) is 0 Å². The normalized spacial score (nSPS) is 11.0. The number of aryl methyl sites for hydroxylation is 1. The Morgan fingerprint density at radius 3 is 2.74 bits per heavy atom. The van der Waals surface area contributed by atoms with Crippen molar-refractivity contribution in [2.75, 3.05) is 33.9 Å². The highest BCUT2D eigenvalue weighted by Crippen LogP contribution is 2.13. The van der Waals surface area contributed by atoms with E-state index in [2.05, 4.69) is 27.5 Å². The van der Waals surface area contributed by atoms with Gasteiger partial charge in [-0.05, 0) is 6.42 Å². The molecular formula is C12H23IN4OS. The third-order valence-electron chi connectivity index (χ3n) is 2.40. The molecule has 7 heteroatoms. The number of methoxy groups -OCH3 is 1. The Kier molecular flexibility index (Phi) is 11.2. The molecule has 1 aromatic rings. The fourth-order valence-corrected chi connectivity index (χ4v) is 2.27. The first-order valence-corrected chi connectivity index (χ1v) is 6.98. The number of ether oxygens (including phenoxy) is 1. The first-order chi connectivity index (χ1) is 8.80. The van der Waals surface area contributed by atoms with E-state index in [-0.39, 0.29) is 24.0 Å². The molecule has 0 unspecified atom stereocenters. The molecule has 0 aliphatic carbocycles. The average Bonchev–Trinajstić information content (AvgIpc) is 2.85. The summed E-state index contributed by atoms with van der Waals surface area (Å²) in [4.78, 5) is 9.86. The summed E-state index contributed by atoms with van der Waals surface area (Å²) in [5, 5.41) is 7.60. The van der Waals surface area contributed by atoms with Crippen molar-refractivity contribution < 1.29 is 4.74 Å². The maximum absolute atomic E-state index is 4.97. The number of aromatic nitrogens is 1. The lowest BCUT2D eigenvalue weighted by Crippen LogP contribution is -2.39. The first-order valence-electron chi connectivity index (χ1n) is 6.17. The van der Waals surface area contributed by atoms with Gasteiger partial charge in [-0.25, -0.2) is 4.98 Å². The lowest BCUT2D eigenvalue weighted by atomic mass is 10.4. The smallest absolute Gasteiger partial charge is 0.191 e. The number of hydrogen-bond donors (Lipinski definition) is 2. The van der Waals surface area contributed by atoms with Crippen molar-refractivity contribution in [1.82, 2.24) is 15.6 Å². The van der Waals surface area contributed by atoms with Crippen LogP contribution in [-0.4, -0.2) is 44.8 Å². The molecule has 1 heterocycles. The molecule has 0 bridgehead atoms. The molecule has 19 heavy (non-hydrogen) atoms. The number of nitrogens with one attached hydrogen (secondary N) is 2. The predicted molar refractivity (Wildman–Crippen MR) is 91.9 cm³/mol. The highest BCUT2D eigenvalue weighted by molar-refractivity contribution is 14.0. The Hall–Kier alpha value is -0.410. The molecule has 5 nitrogen and oxygen atoms in total. The van der Waals surface area contributed by atoms with E-state index in [0.29, 0.717) is 6.61 Å². The number of rotatable bonds is 7. The van der Waals surface area contributed by atoms with Gasteiger partial charge >= 0.3 is 0 Å². The van der Waals surface area contributed by atoms with E-state index in [1.165, 1.54) is 9.88 Å². The van der Waals surface area contributed by atoms with Crippen molar-refractivity contribution in [2.45, 2.75) is 19.8 Å². The van der Waals surface area contributed by atoms with Crippen molar-refractivity contribution in [2.24, 2.45) is 4.99 Å². The van der Waals surface area contributed by atoms with Crippen LogP contribution < -0.4 is 10.6 Å². The van der Waals surface area contributed by atoms with Crippen LogP contribution >= 0.6 is 35.3 Å². The molecular weight excluding hydrogens is 375 g/mol. The fourth-order valence-electron chi connectivity index (χ4n) is 1.41. The summed E-state index contributed by atoms with van der Waals surface area (Å²) in [6.45, 7) is 4.42. The molecule has 0 aliphatic rings. The zero-order valence-electron chi connectivity index (χ0n) is 11.7. The van der Waals surface area contributed by atoms with Crippen molar-refractivity contribution in [3.8, 4) is 0 Å². The largest absolute Gasteiger partial charge is 0.383 e. The minimum atomic E-state index is 0. The fraction of sp³-hybridized carbons (Fsp3) is 0.667. The van der Waals surface area contributed by atoms with Gasteiger partial charge in [-0.3, -0.25) is 4.99 Å². The Morgan fingerprint density at radius 2 is 2.16 bits per heavy atom. The van der Waals surface area contributed by atoms with E-state index < -0.39 is 0 Å². The number of halogens is 1. The van der Waals surface area contributed by atoms with Gasteiger partial charge in [0.15, 0.2) is 5.96 Å². The quantitative estimate of drug-likeness (QED) is 0.318. The van der Waals surface area contributed by atoms with Crippen LogP contribution in [0, 0.1) is 0 Å². The Labute approximate surface area is 136 Å². The van der Waals surface area contributed by atoms with Crippen LogP contribution in [0.2, 0.25) is 0 Å². The predicted octanol–water partition coefficient (Wildman–Crippen LogP) is 1.68. The van der Waals surface area contributed by atoms with Crippen LogP contribution in [0.25, 0.3) is 0 Å². The molecule has 1 rings (SSSR count). The third-order valence-corrected chi connectivity index (χ3v) is 3.60. The minimum Gasteiger partial charge on any atom is -0.383 e. The molecule has 0 radical (unpaired) electrons. The van der Waals surface area contributed by atoms with Gasteiger partial charge in [0, 0.05) is 44.7 Å². The van der Waals surface area contributed by atoms with Gasteiger partial charge in [0.1, 0.15) is 0 Å². The van der Waals surface area contributed by atoms with E-state index in [9.17, 15) is 0 Å². The van der Waals surface area contributed by atoms with Crippen LogP contribution in [0.1, 0.15) is 16.8 Å². The number of aliphatic imine (C=N–C) groups is 1. The molecule has 0 saturated heterocycles. The molecule has 2 N–H and O–H groups in total. The standard InChI is InChI=1S/C12H22N4OS.HI/c1-4-10-9-16-11(18-10)5-6-14-12(13-2)15-7-8-17-3;/h9H,4-8H2,1-3H3,(H2,13,14,15);1H. The van der Waals surface area contributed by atoms with E-state index in [0.717, 1.165) is 31.9 Å². The van der Waals surface area contributed by atoms with Crippen molar-refractivity contribution in [1.29, 1.82) is 0 Å². The monoisotopic (exact) mass is 398 g/mol. The highest BCUT2D eigenvalue weighted by Gasteiger charge is 2.01. The Balaban J connectivity index is 0.00000324. The highest BCUT2D eigenvalue weighted by atomic mass is 127. The molecule has 1 aromatic heterocycles. The summed E-state index contributed by atoms with van der Waals surface area (Å²) >= 11 is 1.78. The van der Waals surface area contributed by atoms with Gasteiger partial charge in [-0.1, -0.05) is 6.92 Å². The number of nitrogens with zero attached hydrogens (tertiary/aromatic N) is 2. The van der Waals surface area contributed by atoms with E-state index in [1.54, 1.807) is 25.5 Å². The molecule has 0 aromatic carbocycles. The average molecular weight is 398 g/mol. The summed E-state index contributed by atoms with van der Waals surface area (Å²) in [6.07, 6.45) is 3.95. The third kappa shape index (κ3) is 7.68. The van der Waals surface area contributed by atoms with E-state index >= 15 is 0 Å². The summed E-state index contributed by atoms with van der Waals surface area (Å²) in [6, 6.07) is 0. The molecule has 0 spiro atoms. The number of guanidine groups is 1. The molecule has 0 fully saturated rings. The second-order valence-corrected chi connectivity index (χ2v) is 4.94. The van der Waals surface area contributed by atoms with Gasteiger partial charge in [-0.2, -0.15) is 0 Å². The van der Waals surface area contributed by atoms with Gasteiger partial charge in [0.2, 0.25) is 0 Å². The van der Waals surface area contributed by atoms with Gasteiger partial charge in [-0.15, -0.1) is 35.3 Å². The van der Waals surface area contributed by atoms with E-state index in [1.807, 2.05) is 6.20 Å². The first kappa shape index (κ1) is 18.6. The van der Waals surface area contributed by atoms with Crippen LogP contribution in [0.4, 0.5) is 0 Å². The number of thiazole rings is 1. The van der Waals surface area contributed by atoms with E-state index in [4.69, 9.17) is 4.74 Å². The molecule has 0 atom stereocenters. The molecule has 0 amide bonds. The molecule has 110 valence electrons. The van der Waals surface area contributed by atoms with Crippen LogP contribution in [0.5, 0.6) is 0 Å². The van der Waals surface area contributed by atoms with Crippen molar-refractivity contribution in [3.63, 3.8) is 0 Å². The van der Waals surface area contributed by atoms with Crippen LogP contribution in [0.3, 0.4) is 0 Å². The summed E-state index contributed by atoms with van der Waals surface area (Å²) in [5.74, 6) is 0.805. The van der Waals surface area contributed by atoms with Crippen LogP contribution in [0.15, 0.2) is 11.2 Å². The lowest BCUT2D eigenvalue weighted by Gasteiger charge is -2.10. The topological polar surface area (TPSA) is 58.5 Å². The minimum absolute atomic E-state index is 0. The zero-order chi connectivity index (χ0) is 13.2. The number of hydrogen-bond acceptors (Lipinski definition) is 4.